The van der Waals surface area contributed by atoms with Gasteiger partial charge >= 0.3 is 0 Å². The molecule has 1 aliphatic heterocycles. The summed E-state index contributed by atoms with van der Waals surface area (Å²) in [6.07, 6.45) is 7.23. The van der Waals surface area contributed by atoms with Crippen molar-refractivity contribution in [1.29, 1.82) is 0 Å². The topological polar surface area (TPSA) is 48.2 Å². The van der Waals surface area contributed by atoms with Crippen LogP contribution in [0, 0.1) is 0 Å². The lowest BCUT2D eigenvalue weighted by Crippen LogP contribution is -2.13. The summed E-state index contributed by atoms with van der Waals surface area (Å²) in [4.78, 5) is 0. The van der Waals surface area contributed by atoms with Crippen LogP contribution < -0.4 is 0 Å². The van der Waals surface area contributed by atoms with E-state index in [9.17, 15) is 0 Å². The van der Waals surface area contributed by atoms with Crippen molar-refractivity contribution in [2.45, 2.75) is 26.7 Å². The Morgan fingerprint density at radius 1 is 1.17 bits per heavy atom. The van der Waals surface area contributed by atoms with E-state index in [1.807, 2.05) is 29.4 Å². The number of aromatic hydroxyl groups is 1. The summed E-state index contributed by atoms with van der Waals surface area (Å²) in [7, 11) is 0. The minimum absolute atomic E-state index is 0. The van der Waals surface area contributed by atoms with Crippen LogP contribution >= 0.6 is 0 Å². The second-order valence-electron chi connectivity index (χ2n) is 4.08. The maximum Gasteiger partial charge on any atom is 0.115 e. The molecule has 1 aromatic rings. The van der Waals surface area contributed by atoms with Crippen molar-refractivity contribution in [3.05, 3.63) is 42.1 Å². The van der Waals surface area contributed by atoms with Crippen LogP contribution in [0.1, 0.15) is 25.8 Å². The van der Waals surface area contributed by atoms with Gasteiger partial charge in [0.2, 0.25) is 0 Å². The number of phenols is 1. The Morgan fingerprint density at radius 2 is 1.94 bits per heavy atom. The van der Waals surface area contributed by atoms with E-state index < -0.39 is 0 Å². The lowest BCUT2D eigenvalue weighted by Gasteiger charge is -2.14. The molecule has 4 heteroatoms. The van der Waals surface area contributed by atoms with Gasteiger partial charge in [-0.15, -0.1) is 0 Å². The van der Waals surface area contributed by atoms with Crippen molar-refractivity contribution in [2.24, 2.45) is 10.3 Å². The van der Waals surface area contributed by atoms with E-state index in [1.54, 1.807) is 12.1 Å². The number of aryl methyl sites for hydroxylation is 1. The standard InChI is InChI=1S/C13H17N3O.CH4/c17-13-7-5-12(6-8-13)4-1-2-10-16-11-3-9-14-15-16;/h3,5-8,11,17H,1-2,4,9-10H2;1H4. The molecule has 0 fully saturated rings. The molecule has 1 aliphatic rings. The Bertz CT molecular complexity index is 386. The number of hydrogen-bond acceptors (Lipinski definition) is 4. The van der Waals surface area contributed by atoms with Gasteiger partial charge in [0.25, 0.3) is 0 Å². The van der Waals surface area contributed by atoms with Crippen LogP contribution in [0.25, 0.3) is 0 Å². The fourth-order valence-electron chi connectivity index (χ4n) is 1.75. The van der Waals surface area contributed by atoms with Gasteiger partial charge in [0.15, 0.2) is 0 Å². The lowest BCUT2D eigenvalue weighted by atomic mass is 10.1. The van der Waals surface area contributed by atoms with Crippen LogP contribution in [0.3, 0.4) is 0 Å². The summed E-state index contributed by atoms with van der Waals surface area (Å²) in [5.74, 6) is 0.326. The van der Waals surface area contributed by atoms with Gasteiger partial charge in [0.1, 0.15) is 5.75 Å². The van der Waals surface area contributed by atoms with Crippen molar-refractivity contribution < 1.29 is 5.11 Å². The van der Waals surface area contributed by atoms with Crippen molar-refractivity contribution in [3.8, 4) is 5.75 Å². The van der Waals surface area contributed by atoms with Gasteiger partial charge in [-0.25, -0.2) is 0 Å². The second-order valence-corrected chi connectivity index (χ2v) is 4.08. The summed E-state index contributed by atoms with van der Waals surface area (Å²) in [6, 6.07) is 7.40. The molecule has 0 aliphatic carbocycles. The minimum atomic E-state index is 0. The monoisotopic (exact) mass is 247 g/mol. The predicted octanol–water partition coefficient (Wildman–Crippen LogP) is 3.55. The predicted molar refractivity (Wildman–Crippen MR) is 73.3 cm³/mol. The van der Waals surface area contributed by atoms with Gasteiger partial charge < -0.3 is 5.11 Å². The van der Waals surface area contributed by atoms with Gasteiger partial charge in [-0.2, -0.15) is 5.11 Å². The Kier molecular flexibility index (Phi) is 5.91. The molecule has 0 amide bonds. The summed E-state index contributed by atoms with van der Waals surface area (Å²) < 4.78 is 0. The summed E-state index contributed by atoms with van der Waals surface area (Å²) >= 11 is 0. The molecule has 0 aromatic heterocycles. The highest BCUT2D eigenvalue weighted by Gasteiger charge is 2.00. The normalized spacial score (nSPS) is 13.4. The average molecular weight is 247 g/mol. The molecule has 1 heterocycles. The van der Waals surface area contributed by atoms with Gasteiger partial charge in [-0.3, -0.25) is 5.01 Å². The average Bonchev–Trinajstić information content (AvgIpc) is 2.38. The zero-order chi connectivity index (χ0) is 11.9. The number of phenolic OH excluding ortho intramolecular Hbond substituents is 1. The summed E-state index contributed by atoms with van der Waals surface area (Å²) in [6.45, 7) is 1.61. The number of rotatable bonds is 5. The number of benzene rings is 1. The quantitative estimate of drug-likeness (QED) is 0.809. The summed E-state index contributed by atoms with van der Waals surface area (Å²) in [5, 5.41) is 19.0. The lowest BCUT2D eigenvalue weighted by molar-refractivity contribution is 0.349. The van der Waals surface area contributed by atoms with Crippen LogP contribution in [0.4, 0.5) is 0 Å². The number of nitrogens with zero attached hydrogens (tertiary/aromatic N) is 3. The molecule has 0 bridgehead atoms. The first kappa shape index (κ1) is 14.2. The third kappa shape index (κ3) is 4.57. The van der Waals surface area contributed by atoms with Crippen LogP contribution in [0.15, 0.2) is 46.9 Å². The van der Waals surface area contributed by atoms with Gasteiger partial charge in [-0.05, 0) is 43.0 Å². The molecule has 0 atom stereocenters. The van der Waals surface area contributed by atoms with E-state index >= 15 is 0 Å². The molecule has 98 valence electrons. The molecule has 0 saturated heterocycles. The zero-order valence-electron chi connectivity index (χ0n) is 9.79. The first-order valence-corrected chi connectivity index (χ1v) is 5.93. The molecular weight excluding hydrogens is 226 g/mol. The third-order valence-corrected chi connectivity index (χ3v) is 2.68. The van der Waals surface area contributed by atoms with Gasteiger partial charge in [-0.1, -0.05) is 24.8 Å². The maximum absolute atomic E-state index is 9.16. The highest BCUT2D eigenvalue weighted by Crippen LogP contribution is 2.12. The Labute approximate surface area is 109 Å². The zero-order valence-corrected chi connectivity index (χ0v) is 9.79. The molecule has 4 nitrogen and oxygen atoms in total. The van der Waals surface area contributed by atoms with E-state index in [-0.39, 0.29) is 7.43 Å². The SMILES string of the molecule is C.Oc1ccc(CCCCN2C=CCN=N2)cc1. The Balaban J connectivity index is 0.00000162. The van der Waals surface area contributed by atoms with E-state index in [2.05, 4.69) is 10.3 Å². The van der Waals surface area contributed by atoms with E-state index in [0.717, 1.165) is 25.8 Å². The molecule has 0 unspecified atom stereocenters. The van der Waals surface area contributed by atoms with Crippen molar-refractivity contribution in [1.82, 2.24) is 5.01 Å². The molecule has 0 spiro atoms. The number of unbranched alkanes of at least 4 members (excludes halogenated alkanes) is 1. The second kappa shape index (κ2) is 7.48. The molecule has 0 radical (unpaired) electrons. The largest absolute Gasteiger partial charge is 0.508 e. The molecule has 2 rings (SSSR count). The van der Waals surface area contributed by atoms with E-state index in [0.29, 0.717) is 12.3 Å². The molecule has 1 N–H and O–H groups in total. The highest BCUT2D eigenvalue weighted by molar-refractivity contribution is 5.25. The fourth-order valence-corrected chi connectivity index (χ4v) is 1.75. The first-order chi connectivity index (χ1) is 8.34. The Morgan fingerprint density at radius 3 is 2.61 bits per heavy atom. The number of hydrogen-bond donors (Lipinski definition) is 1. The maximum atomic E-state index is 9.16. The molecular formula is C14H21N3O. The van der Waals surface area contributed by atoms with Gasteiger partial charge in [0, 0.05) is 12.7 Å². The molecule has 1 aromatic carbocycles. The van der Waals surface area contributed by atoms with Crippen LogP contribution in [-0.4, -0.2) is 23.2 Å². The van der Waals surface area contributed by atoms with Crippen LogP contribution in [-0.2, 0) is 6.42 Å². The minimum Gasteiger partial charge on any atom is -0.508 e. The van der Waals surface area contributed by atoms with E-state index in [1.165, 1.54) is 5.56 Å². The third-order valence-electron chi connectivity index (χ3n) is 2.68. The smallest absolute Gasteiger partial charge is 0.115 e. The molecule has 18 heavy (non-hydrogen) atoms. The van der Waals surface area contributed by atoms with Crippen molar-refractivity contribution in [3.63, 3.8) is 0 Å². The van der Waals surface area contributed by atoms with Crippen molar-refractivity contribution in [2.75, 3.05) is 13.1 Å². The fraction of sp³-hybridized carbons (Fsp3) is 0.429. The first-order valence-electron chi connectivity index (χ1n) is 5.93. The van der Waals surface area contributed by atoms with Crippen LogP contribution in [0.5, 0.6) is 5.75 Å². The van der Waals surface area contributed by atoms with E-state index in [4.69, 9.17) is 5.11 Å². The van der Waals surface area contributed by atoms with Crippen LogP contribution in [0.2, 0.25) is 0 Å². The highest BCUT2D eigenvalue weighted by atomic mass is 16.3. The molecule has 0 saturated carbocycles. The summed E-state index contributed by atoms with van der Waals surface area (Å²) in [5.41, 5.74) is 1.26. The van der Waals surface area contributed by atoms with Crippen molar-refractivity contribution >= 4 is 0 Å². The Hall–Kier alpha value is -1.84. The van der Waals surface area contributed by atoms with Gasteiger partial charge in [0.05, 0.1) is 6.54 Å².